The van der Waals surface area contributed by atoms with E-state index in [9.17, 15) is 4.79 Å². The molecular formula is C12H21ClO2. The maximum Gasteiger partial charge on any atom is 0.404 e. The summed E-state index contributed by atoms with van der Waals surface area (Å²) in [4.78, 5) is 10.6. The zero-order valence-electron chi connectivity index (χ0n) is 9.51. The summed E-state index contributed by atoms with van der Waals surface area (Å²) in [6.07, 6.45) is 10.3. The lowest BCUT2D eigenvalue weighted by Crippen LogP contribution is -2.16. The normalized spacial score (nSPS) is 21.5. The van der Waals surface area contributed by atoms with Crippen LogP contribution in [0.25, 0.3) is 0 Å². The van der Waals surface area contributed by atoms with Gasteiger partial charge in [-0.15, -0.1) is 0 Å². The Hall–Kier alpha value is -0.240. The summed E-state index contributed by atoms with van der Waals surface area (Å²) in [6, 6.07) is 0. The topological polar surface area (TPSA) is 26.3 Å². The van der Waals surface area contributed by atoms with Gasteiger partial charge in [0, 0.05) is 11.6 Å². The molecule has 1 saturated carbocycles. The first kappa shape index (κ1) is 12.8. The van der Waals surface area contributed by atoms with Crippen LogP contribution in [0.15, 0.2) is 0 Å². The standard InChI is InChI=1S/C12H21ClO2/c1-10(15-12(13)14)9-11-7-5-3-2-4-6-8-11/h10-11H,2-9H2,1H3. The molecule has 1 aliphatic rings. The molecule has 1 atom stereocenters. The highest BCUT2D eigenvalue weighted by Crippen LogP contribution is 2.26. The Morgan fingerprint density at radius 1 is 1.27 bits per heavy atom. The summed E-state index contributed by atoms with van der Waals surface area (Å²) in [5.41, 5.74) is -0.673. The SMILES string of the molecule is CC(CC1CCCCCCC1)OC(=O)Cl. The Labute approximate surface area is 97.3 Å². The lowest BCUT2D eigenvalue weighted by molar-refractivity contribution is 0.110. The minimum Gasteiger partial charge on any atom is -0.451 e. The molecule has 2 nitrogen and oxygen atoms in total. The zero-order chi connectivity index (χ0) is 11.1. The quantitative estimate of drug-likeness (QED) is 0.670. The predicted molar refractivity (Wildman–Crippen MR) is 62.2 cm³/mol. The highest BCUT2D eigenvalue weighted by atomic mass is 35.5. The third-order valence-electron chi connectivity index (χ3n) is 3.18. The predicted octanol–water partition coefficient (Wildman–Crippen LogP) is 4.50. The largest absolute Gasteiger partial charge is 0.451 e. The van der Waals surface area contributed by atoms with Gasteiger partial charge in [-0.05, 0) is 19.3 Å². The first-order valence-electron chi connectivity index (χ1n) is 6.04. The van der Waals surface area contributed by atoms with Gasteiger partial charge in [0.05, 0.1) is 0 Å². The van der Waals surface area contributed by atoms with Crippen molar-refractivity contribution in [2.24, 2.45) is 5.92 Å². The van der Waals surface area contributed by atoms with Crippen LogP contribution in [0, 0.1) is 5.92 Å². The van der Waals surface area contributed by atoms with Crippen LogP contribution in [0.4, 0.5) is 4.79 Å². The van der Waals surface area contributed by atoms with E-state index in [1.54, 1.807) is 0 Å². The van der Waals surface area contributed by atoms with Crippen molar-refractivity contribution in [1.82, 2.24) is 0 Å². The molecule has 0 aromatic heterocycles. The van der Waals surface area contributed by atoms with Crippen LogP contribution in [-0.4, -0.2) is 11.5 Å². The van der Waals surface area contributed by atoms with Gasteiger partial charge < -0.3 is 4.74 Å². The second-order valence-electron chi connectivity index (χ2n) is 4.61. The van der Waals surface area contributed by atoms with E-state index >= 15 is 0 Å². The zero-order valence-corrected chi connectivity index (χ0v) is 10.3. The molecule has 0 saturated heterocycles. The minimum absolute atomic E-state index is 0.0283. The van der Waals surface area contributed by atoms with Crippen LogP contribution in [-0.2, 0) is 4.74 Å². The fourth-order valence-corrected chi connectivity index (χ4v) is 2.60. The first-order valence-corrected chi connectivity index (χ1v) is 6.42. The molecule has 1 aliphatic carbocycles. The molecule has 0 radical (unpaired) electrons. The maximum absolute atomic E-state index is 10.6. The molecule has 0 aliphatic heterocycles. The molecule has 15 heavy (non-hydrogen) atoms. The number of hydrogen-bond donors (Lipinski definition) is 0. The molecule has 0 amide bonds. The molecule has 0 bridgehead atoms. The number of halogens is 1. The van der Waals surface area contributed by atoms with Crippen LogP contribution in [0.3, 0.4) is 0 Å². The van der Waals surface area contributed by atoms with Gasteiger partial charge in [0.15, 0.2) is 0 Å². The second-order valence-corrected chi connectivity index (χ2v) is 4.92. The molecule has 1 unspecified atom stereocenters. The molecule has 1 fully saturated rings. The fourth-order valence-electron chi connectivity index (χ4n) is 2.45. The van der Waals surface area contributed by atoms with Crippen LogP contribution < -0.4 is 0 Å². The van der Waals surface area contributed by atoms with Gasteiger partial charge in [0.2, 0.25) is 0 Å². The number of hydrogen-bond acceptors (Lipinski definition) is 2. The number of ether oxygens (including phenoxy) is 1. The summed E-state index contributed by atoms with van der Waals surface area (Å²) in [7, 11) is 0. The third kappa shape index (κ3) is 6.03. The van der Waals surface area contributed by atoms with Crippen LogP contribution >= 0.6 is 11.6 Å². The van der Waals surface area contributed by atoms with Crippen LogP contribution in [0.5, 0.6) is 0 Å². The molecule has 88 valence electrons. The highest BCUT2D eigenvalue weighted by molar-refractivity contribution is 6.61. The summed E-state index contributed by atoms with van der Waals surface area (Å²) < 4.78 is 4.95. The van der Waals surface area contributed by atoms with Crippen LogP contribution in [0.2, 0.25) is 0 Å². The van der Waals surface area contributed by atoms with Crippen molar-refractivity contribution in [2.75, 3.05) is 0 Å². The Morgan fingerprint density at radius 3 is 2.33 bits per heavy atom. The Kier molecular flexibility index (Phi) is 6.07. The van der Waals surface area contributed by atoms with E-state index in [4.69, 9.17) is 16.3 Å². The van der Waals surface area contributed by atoms with E-state index in [2.05, 4.69) is 0 Å². The molecule has 1 rings (SSSR count). The van der Waals surface area contributed by atoms with E-state index in [-0.39, 0.29) is 6.10 Å². The van der Waals surface area contributed by atoms with Crippen molar-refractivity contribution < 1.29 is 9.53 Å². The molecule has 0 aromatic carbocycles. The minimum atomic E-state index is -0.673. The average Bonchev–Trinajstić information content (AvgIpc) is 2.08. The number of rotatable bonds is 3. The monoisotopic (exact) mass is 232 g/mol. The Balaban J connectivity index is 2.24. The van der Waals surface area contributed by atoms with Crippen molar-refractivity contribution >= 4 is 17.0 Å². The maximum atomic E-state index is 10.6. The van der Waals surface area contributed by atoms with Gasteiger partial charge in [-0.3, -0.25) is 0 Å². The lowest BCUT2D eigenvalue weighted by Gasteiger charge is -2.22. The summed E-state index contributed by atoms with van der Waals surface area (Å²) in [5.74, 6) is 0.719. The van der Waals surface area contributed by atoms with E-state index < -0.39 is 5.43 Å². The molecule has 0 spiro atoms. The van der Waals surface area contributed by atoms with E-state index in [1.165, 1.54) is 44.9 Å². The van der Waals surface area contributed by atoms with Gasteiger partial charge >= 0.3 is 5.43 Å². The van der Waals surface area contributed by atoms with Crippen molar-refractivity contribution in [3.8, 4) is 0 Å². The highest BCUT2D eigenvalue weighted by Gasteiger charge is 2.16. The van der Waals surface area contributed by atoms with E-state index in [1.807, 2.05) is 6.92 Å². The average molecular weight is 233 g/mol. The molecule has 0 heterocycles. The van der Waals surface area contributed by atoms with Crippen molar-refractivity contribution in [2.45, 2.75) is 64.4 Å². The molecule has 0 N–H and O–H groups in total. The van der Waals surface area contributed by atoms with Crippen molar-refractivity contribution in [3.05, 3.63) is 0 Å². The van der Waals surface area contributed by atoms with Crippen molar-refractivity contribution in [3.63, 3.8) is 0 Å². The van der Waals surface area contributed by atoms with Gasteiger partial charge in [-0.1, -0.05) is 44.9 Å². The third-order valence-corrected chi connectivity index (χ3v) is 3.27. The molecule has 0 aromatic rings. The number of carbonyl (C=O) groups excluding carboxylic acids is 1. The Bertz CT molecular complexity index is 186. The van der Waals surface area contributed by atoms with Crippen molar-refractivity contribution in [1.29, 1.82) is 0 Å². The summed E-state index contributed by atoms with van der Waals surface area (Å²) in [5, 5.41) is 0. The van der Waals surface area contributed by atoms with Gasteiger partial charge in [-0.2, -0.15) is 0 Å². The van der Waals surface area contributed by atoms with Gasteiger partial charge in [0.25, 0.3) is 0 Å². The number of carbonyl (C=O) groups is 1. The van der Waals surface area contributed by atoms with Crippen LogP contribution in [0.1, 0.15) is 58.3 Å². The van der Waals surface area contributed by atoms with E-state index in [0.717, 1.165) is 12.3 Å². The lowest BCUT2D eigenvalue weighted by atomic mass is 9.87. The van der Waals surface area contributed by atoms with E-state index in [0.29, 0.717) is 0 Å². The molecular weight excluding hydrogens is 212 g/mol. The molecule has 3 heteroatoms. The summed E-state index contributed by atoms with van der Waals surface area (Å²) in [6.45, 7) is 1.93. The smallest absolute Gasteiger partial charge is 0.404 e. The summed E-state index contributed by atoms with van der Waals surface area (Å²) >= 11 is 5.19. The van der Waals surface area contributed by atoms with Gasteiger partial charge in [0.1, 0.15) is 6.10 Å². The fraction of sp³-hybridized carbons (Fsp3) is 0.917. The second kappa shape index (κ2) is 7.10. The first-order chi connectivity index (χ1) is 7.18. The Morgan fingerprint density at radius 2 is 1.80 bits per heavy atom. The van der Waals surface area contributed by atoms with Gasteiger partial charge in [-0.25, -0.2) is 4.79 Å².